The molecule has 1 aliphatic rings. The van der Waals surface area contributed by atoms with Crippen LogP contribution >= 0.6 is 0 Å². The van der Waals surface area contributed by atoms with Crippen molar-refractivity contribution in [1.82, 2.24) is 19.8 Å². The van der Waals surface area contributed by atoms with Gasteiger partial charge in [0.2, 0.25) is 0 Å². The Hall–Kier alpha value is -2.44. The van der Waals surface area contributed by atoms with Crippen LogP contribution < -0.4 is 5.32 Å². The highest BCUT2D eigenvalue weighted by molar-refractivity contribution is 5.75. The van der Waals surface area contributed by atoms with Crippen LogP contribution in [0.3, 0.4) is 0 Å². The van der Waals surface area contributed by atoms with E-state index in [9.17, 15) is 13.6 Å². The minimum absolute atomic E-state index is 0.222. The number of carbonyl (C=O) groups excluding carboxylic acids is 1. The van der Waals surface area contributed by atoms with Gasteiger partial charge in [0.1, 0.15) is 11.9 Å². The molecule has 122 valence electrons. The van der Waals surface area contributed by atoms with Crippen molar-refractivity contribution in [3.63, 3.8) is 0 Å². The van der Waals surface area contributed by atoms with Crippen LogP contribution in [0.25, 0.3) is 0 Å². The van der Waals surface area contributed by atoms with Gasteiger partial charge in [-0.15, -0.1) is 0 Å². The van der Waals surface area contributed by atoms with E-state index in [0.717, 1.165) is 25.0 Å². The summed E-state index contributed by atoms with van der Waals surface area (Å²) in [5, 5.41) is 2.88. The molecule has 5 nitrogen and oxygen atoms in total. The third-order valence-electron chi connectivity index (χ3n) is 4.05. The first-order valence-corrected chi connectivity index (χ1v) is 7.54. The number of aromatic nitrogens is 2. The first-order valence-electron chi connectivity index (χ1n) is 7.54. The lowest BCUT2D eigenvalue weighted by atomic mass is 10.1. The van der Waals surface area contributed by atoms with Crippen LogP contribution in [0.15, 0.2) is 30.6 Å². The molecule has 2 amide bonds. The summed E-state index contributed by atoms with van der Waals surface area (Å²) in [5.41, 5.74) is 0.450. The van der Waals surface area contributed by atoms with E-state index in [1.165, 1.54) is 6.07 Å². The SMILES string of the molecule is Cn1ccnc1[C@@H](NC(=O)N1CCCC1)c1ccc(F)c(F)c1. The lowest BCUT2D eigenvalue weighted by Crippen LogP contribution is -2.41. The second-order valence-corrected chi connectivity index (χ2v) is 5.65. The number of benzene rings is 1. The second-order valence-electron chi connectivity index (χ2n) is 5.65. The lowest BCUT2D eigenvalue weighted by Gasteiger charge is -2.23. The number of nitrogens with one attached hydrogen (secondary N) is 1. The highest BCUT2D eigenvalue weighted by Gasteiger charge is 2.25. The molecule has 7 heteroatoms. The van der Waals surface area contributed by atoms with E-state index in [-0.39, 0.29) is 6.03 Å². The van der Waals surface area contributed by atoms with E-state index in [2.05, 4.69) is 10.3 Å². The van der Waals surface area contributed by atoms with Crippen LogP contribution in [-0.4, -0.2) is 33.6 Å². The second kappa shape index (κ2) is 6.36. The van der Waals surface area contributed by atoms with Gasteiger partial charge in [-0.2, -0.15) is 0 Å². The number of aryl methyl sites for hydroxylation is 1. The van der Waals surface area contributed by atoms with Gasteiger partial charge in [-0.1, -0.05) is 6.07 Å². The van der Waals surface area contributed by atoms with Crippen LogP contribution in [0.5, 0.6) is 0 Å². The maximum atomic E-state index is 13.6. The van der Waals surface area contributed by atoms with Crippen LogP contribution in [0.1, 0.15) is 30.3 Å². The maximum absolute atomic E-state index is 13.6. The molecule has 1 atom stereocenters. The molecule has 2 heterocycles. The zero-order valence-electron chi connectivity index (χ0n) is 12.8. The van der Waals surface area contributed by atoms with Crippen molar-refractivity contribution < 1.29 is 13.6 Å². The van der Waals surface area contributed by atoms with Gasteiger partial charge in [-0.05, 0) is 30.5 Å². The van der Waals surface area contributed by atoms with E-state index in [1.807, 2.05) is 0 Å². The number of nitrogens with zero attached hydrogens (tertiary/aromatic N) is 3. The monoisotopic (exact) mass is 320 g/mol. The average molecular weight is 320 g/mol. The van der Waals surface area contributed by atoms with E-state index < -0.39 is 17.7 Å². The third-order valence-corrected chi connectivity index (χ3v) is 4.05. The Morgan fingerprint density at radius 1 is 1.26 bits per heavy atom. The van der Waals surface area contributed by atoms with Crippen molar-refractivity contribution in [2.75, 3.05) is 13.1 Å². The van der Waals surface area contributed by atoms with Crippen molar-refractivity contribution in [1.29, 1.82) is 0 Å². The Kier molecular flexibility index (Phi) is 4.27. The fraction of sp³-hybridized carbons (Fsp3) is 0.375. The molecule has 0 radical (unpaired) electrons. The molecule has 1 saturated heterocycles. The summed E-state index contributed by atoms with van der Waals surface area (Å²) < 4.78 is 28.5. The number of imidazole rings is 1. The van der Waals surface area contributed by atoms with Gasteiger partial charge in [-0.3, -0.25) is 0 Å². The molecule has 0 saturated carbocycles. The molecule has 23 heavy (non-hydrogen) atoms. The Labute approximate surface area is 132 Å². The third kappa shape index (κ3) is 3.18. The van der Waals surface area contributed by atoms with Gasteiger partial charge in [0.05, 0.1) is 0 Å². The smallest absolute Gasteiger partial charge is 0.318 e. The molecule has 0 spiro atoms. The predicted octanol–water partition coefficient (Wildman–Crippen LogP) is 2.59. The highest BCUT2D eigenvalue weighted by atomic mass is 19.2. The summed E-state index contributed by atoms with van der Waals surface area (Å²) in [7, 11) is 1.79. The molecular weight excluding hydrogens is 302 g/mol. The van der Waals surface area contributed by atoms with Gasteiger partial charge in [0.25, 0.3) is 0 Å². The van der Waals surface area contributed by atoms with Crippen molar-refractivity contribution in [2.24, 2.45) is 7.05 Å². The molecular formula is C16H18F2N4O. The number of rotatable bonds is 3. The molecule has 1 aliphatic heterocycles. The van der Waals surface area contributed by atoms with Crippen LogP contribution in [0.4, 0.5) is 13.6 Å². The predicted molar refractivity (Wildman–Crippen MR) is 80.7 cm³/mol. The summed E-state index contributed by atoms with van der Waals surface area (Å²) in [4.78, 5) is 18.4. The van der Waals surface area contributed by atoms with Crippen molar-refractivity contribution in [2.45, 2.75) is 18.9 Å². The fourth-order valence-corrected chi connectivity index (χ4v) is 2.78. The van der Waals surface area contributed by atoms with Crippen LogP contribution in [-0.2, 0) is 7.05 Å². The Morgan fingerprint density at radius 2 is 2.00 bits per heavy atom. The minimum atomic E-state index is -0.947. The zero-order valence-corrected chi connectivity index (χ0v) is 12.8. The molecule has 3 rings (SSSR count). The van der Waals surface area contributed by atoms with E-state index in [4.69, 9.17) is 0 Å². The van der Waals surface area contributed by atoms with Crippen LogP contribution in [0, 0.1) is 11.6 Å². The Bertz CT molecular complexity index is 710. The quantitative estimate of drug-likeness (QED) is 0.945. The van der Waals surface area contributed by atoms with E-state index >= 15 is 0 Å². The molecule has 1 fully saturated rings. The van der Waals surface area contributed by atoms with Crippen LogP contribution in [0.2, 0.25) is 0 Å². The van der Waals surface area contributed by atoms with Crippen molar-refractivity contribution in [3.8, 4) is 0 Å². The van der Waals surface area contributed by atoms with E-state index in [0.29, 0.717) is 24.5 Å². The number of halogens is 2. The molecule has 1 aromatic carbocycles. The number of carbonyl (C=O) groups is 1. The summed E-state index contributed by atoms with van der Waals surface area (Å²) in [5.74, 6) is -1.31. The lowest BCUT2D eigenvalue weighted by molar-refractivity contribution is 0.205. The first kappa shape index (κ1) is 15.5. The summed E-state index contributed by atoms with van der Waals surface area (Å²) in [6, 6.07) is 2.75. The summed E-state index contributed by atoms with van der Waals surface area (Å²) >= 11 is 0. The number of likely N-dealkylation sites (tertiary alicyclic amines) is 1. The number of amides is 2. The largest absolute Gasteiger partial charge is 0.336 e. The zero-order chi connectivity index (χ0) is 16.4. The van der Waals surface area contributed by atoms with Gasteiger partial charge < -0.3 is 14.8 Å². The number of hydrogen-bond acceptors (Lipinski definition) is 2. The minimum Gasteiger partial charge on any atom is -0.336 e. The van der Waals surface area contributed by atoms with Gasteiger partial charge in [0, 0.05) is 32.5 Å². The molecule has 0 aliphatic carbocycles. The van der Waals surface area contributed by atoms with Crippen molar-refractivity contribution in [3.05, 3.63) is 53.6 Å². The normalized spacial score (nSPS) is 15.7. The fourth-order valence-electron chi connectivity index (χ4n) is 2.78. The molecule has 0 bridgehead atoms. The average Bonchev–Trinajstić information content (AvgIpc) is 3.19. The molecule has 0 unspecified atom stereocenters. The Morgan fingerprint density at radius 3 is 2.61 bits per heavy atom. The number of hydrogen-bond donors (Lipinski definition) is 1. The maximum Gasteiger partial charge on any atom is 0.318 e. The van der Waals surface area contributed by atoms with Gasteiger partial charge >= 0.3 is 6.03 Å². The van der Waals surface area contributed by atoms with E-state index in [1.54, 1.807) is 28.9 Å². The molecule has 2 aromatic rings. The summed E-state index contributed by atoms with van der Waals surface area (Å²) in [6.07, 6.45) is 5.30. The first-order chi connectivity index (χ1) is 11.1. The van der Waals surface area contributed by atoms with Crippen molar-refractivity contribution >= 4 is 6.03 Å². The number of urea groups is 1. The topological polar surface area (TPSA) is 50.2 Å². The Balaban J connectivity index is 1.91. The molecule has 1 aromatic heterocycles. The standard InChI is InChI=1S/C16H18F2N4O/c1-21-9-6-19-15(21)14(11-4-5-12(17)13(18)10-11)20-16(23)22-7-2-3-8-22/h4-6,9-10,14H,2-3,7-8H2,1H3,(H,20,23)/t14-/m0/s1. The van der Waals surface area contributed by atoms with Gasteiger partial charge in [0.15, 0.2) is 11.6 Å². The summed E-state index contributed by atoms with van der Waals surface area (Å²) in [6.45, 7) is 1.41. The highest BCUT2D eigenvalue weighted by Crippen LogP contribution is 2.23. The molecule has 1 N–H and O–H groups in total. The van der Waals surface area contributed by atoms with Gasteiger partial charge in [-0.25, -0.2) is 18.6 Å².